The summed E-state index contributed by atoms with van der Waals surface area (Å²) >= 11 is 4.07. The fourth-order valence-corrected chi connectivity index (χ4v) is 7.90. The Morgan fingerprint density at radius 1 is 0.597 bits per heavy atom. The Morgan fingerprint density at radius 2 is 1.04 bits per heavy atom. The first-order chi connectivity index (χ1) is 32.0. The van der Waals surface area contributed by atoms with Gasteiger partial charge in [0, 0.05) is 25.4 Å². The molecule has 0 bridgehead atoms. The van der Waals surface area contributed by atoms with Crippen molar-refractivity contribution in [3.05, 3.63) is 0 Å². The molecular weight excluding hydrogens is 895 g/mol. The van der Waals surface area contributed by atoms with Gasteiger partial charge < -0.3 is 81.2 Å². The SMILES string of the molecule is NCCCC[C@H](NC(=O)[C@H](CCCCN)NC(=O)[C@@H](N)CS)C(=O)N[C@@H](CCCN=C(N)N)C(=O)N1CCC[C@H]1C(=O)N[C@@H](CCCCN)C(=O)N1CCC[C@H]1C(=O)NCC(=O)NCC(=O)O. The van der Waals surface area contributed by atoms with Gasteiger partial charge in [-0.05, 0) is 116 Å². The van der Waals surface area contributed by atoms with Crippen molar-refractivity contribution >= 4 is 71.8 Å². The van der Waals surface area contributed by atoms with E-state index in [0.29, 0.717) is 71.0 Å². The Hall–Kier alpha value is -5.31. The van der Waals surface area contributed by atoms with Gasteiger partial charge in [0.15, 0.2) is 5.96 Å². The second-order valence-electron chi connectivity index (χ2n) is 16.6. The fraction of sp³-hybridized carbons (Fsp3) is 0.756. The lowest BCUT2D eigenvalue weighted by Gasteiger charge is -2.32. The molecule has 2 saturated heterocycles. The van der Waals surface area contributed by atoms with E-state index in [1.807, 2.05) is 0 Å². The molecule has 8 amide bonds. The number of hydrogen-bond acceptors (Lipinski definition) is 15. The van der Waals surface area contributed by atoms with Gasteiger partial charge in [-0.2, -0.15) is 12.6 Å². The highest BCUT2D eigenvalue weighted by Crippen LogP contribution is 2.23. The molecule has 2 fully saturated rings. The summed E-state index contributed by atoms with van der Waals surface area (Å²) in [6.07, 6.45) is 5.20. The van der Waals surface area contributed by atoms with Crippen LogP contribution in [0.3, 0.4) is 0 Å². The minimum atomic E-state index is -1.26. The number of likely N-dealkylation sites (tertiary alicyclic amines) is 2. The molecule has 2 aliphatic rings. The topological polar surface area (TPSA) is 421 Å². The maximum atomic E-state index is 14.5. The number of nitrogens with one attached hydrogen (secondary N) is 6. The van der Waals surface area contributed by atoms with Gasteiger partial charge in [-0.3, -0.25) is 48.1 Å². The zero-order chi connectivity index (χ0) is 49.9. The van der Waals surface area contributed by atoms with Crippen molar-refractivity contribution in [1.82, 2.24) is 41.7 Å². The molecule has 2 rings (SSSR count). The number of guanidine groups is 1. The summed E-state index contributed by atoms with van der Waals surface area (Å²) in [7, 11) is 0. The molecule has 0 aromatic rings. The molecule has 2 aliphatic heterocycles. The number of thiol groups is 1. The maximum Gasteiger partial charge on any atom is 0.322 e. The first-order valence-corrected chi connectivity index (χ1v) is 23.7. The molecule has 26 heteroatoms. The van der Waals surface area contributed by atoms with Crippen LogP contribution in [0, 0.1) is 0 Å². The smallest absolute Gasteiger partial charge is 0.322 e. The lowest BCUT2D eigenvalue weighted by molar-refractivity contribution is -0.144. The van der Waals surface area contributed by atoms with Crippen molar-refractivity contribution in [3.8, 4) is 0 Å². The molecule has 0 saturated carbocycles. The lowest BCUT2D eigenvalue weighted by atomic mass is 10.0. The van der Waals surface area contributed by atoms with Crippen molar-refractivity contribution in [3.63, 3.8) is 0 Å². The second-order valence-corrected chi connectivity index (χ2v) is 17.0. The highest BCUT2D eigenvalue weighted by molar-refractivity contribution is 7.80. The van der Waals surface area contributed by atoms with E-state index in [1.54, 1.807) is 0 Å². The van der Waals surface area contributed by atoms with Crippen molar-refractivity contribution in [2.45, 2.75) is 139 Å². The van der Waals surface area contributed by atoms with Gasteiger partial charge in [-0.15, -0.1) is 0 Å². The van der Waals surface area contributed by atoms with E-state index in [1.165, 1.54) is 9.80 Å². The Balaban J connectivity index is 2.35. The third-order valence-electron chi connectivity index (χ3n) is 11.4. The number of carbonyl (C=O) groups excluding carboxylic acids is 8. The van der Waals surface area contributed by atoms with Crippen LogP contribution in [0.2, 0.25) is 0 Å². The Kier molecular flexibility index (Phi) is 27.3. The van der Waals surface area contributed by atoms with Crippen molar-refractivity contribution < 1.29 is 48.3 Å². The van der Waals surface area contributed by atoms with Crippen LogP contribution in [-0.2, 0) is 43.2 Å². The summed E-state index contributed by atoms with van der Waals surface area (Å²) in [5.41, 5.74) is 34.1. The van der Waals surface area contributed by atoms with E-state index >= 15 is 0 Å². The Morgan fingerprint density at radius 3 is 1.52 bits per heavy atom. The molecule has 67 heavy (non-hydrogen) atoms. The third kappa shape index (κ3) is 20.6. The molecule has 0 unspecified atom stereocenters. The number of aliphatic carboxylic acids is 1. The van der Waals surface area contributed by atoms with Crippen LogP contribution in [-0.4, -0.2) is 174 Å². The molecule has 0 radical (unpaired) electrons. The number of amides is 8. The highest BCUT2D eigenvalue weighted by atomic mass is 32.1. The van der Waals surface area contributed by atoms with Crippen LogP contribution < -0.4 is 66.3 Å². The predicted molar refractivity (Wildman–Crippen MR) is 251 cm³/mol. The molecule has 0 spiro atoms. The Bertz CT molecular complexity index is 1690. The summed E-state index contributed by atoms with van der Waals surface area (Å²) in [5.74, 6) is -6.43. The van der Waals surface area contributed by atoms with E-state index in [0.717, 1.165) is 0 Å². The molecule has 19 N–H and O–H groups in total. The number of nitrogens with zero attached hydrogens (tertiary/aromatic N) is 3. The molecule has 0 aromatic carbocycles. The van der Waals surface area contributed by atoms with Crippen LogP contribution in [0.25, 0.3) is 0 Å². The Labute approximate surface area is 396 Å². The minimum absolute atomic E-state index is 0.0297. The fourth-order valence-electron chi connectivity index (χ4n) is 7.74. The molecule has 7 atom stereocenters. The molecule has 2 heterocycles. The minimum Gasteiger partial charge on any atom is -0.480 e. The largest absolute Gasteiger partial charge is 0.480 e. The number of carboxylic acids is 1. The van der Waals surface area contributed by atoms with Gasteiger partial charge in [0.2, 0.25) is 47.3 Å². The summed E-state index contributed by atoms with van der Waals surface area (Å²) in [6, 6.07) is -7.52. The number of carboxylic acid groups (broad SMARTS) is 1. The van der Waals surface area contributed by atoms with Crippen LogP contribution >= 0.6 is 12.6 Å². The third-order valence-corrected chi connectivity index (χ3v) is 11.7. The summed E-state index contributed by atoms with van der Waals surface area (Å²) in [4.78, 5) is 126. The molecular formula is C41H75N15O10S. The summed E-state index contributed by atoms with van der Waals surface area (Å²) < 4.78 is 0. The average Bonchev–Trinajstić information content (AvgIpc) is 4.01. The van der Waals surface area contributed by atoms with Gasteiger partial charge in [0.1, 0.15) is 42.8 Å². The monoisotopic (exact) mass is 970 g/mol. The van der Waals surface area contributed by atoms with Crippen LogP contribution in [0.5, 0.6) is 0 Å². The van der Waals surface area contributed by atoms with Crippen LogP contribution in [0.1, 0.15) is 96.3 Å². The first kappa shape index (κ1) is 57.8. The van der Waals surface area contributed by atoms with Crippen LogP contribution in [0.15, 0.2) is 4.99 Å². The number of carbonyl (C=O) groups is 9. The van der Waals surface area contributed by atoms with Gasteiger partial charge >= 0.3 is 5.97 Å². The standard InChI is InChI=1S/C41H75N15O10S/c42-16-4-1-10-26(51-34(60)25(45)24-67)35(61)52-27(11-2-5-17-43)36(62)53-29(13-7-19-48-41(46)47)40(66)56-21-9-15-31(56)38(64)54-28(12-3-6-18-44)39(65)55-20-8-14-30(55)37(63)50-22-32(57)49-23-33(58)59/h25-31,67H,1-24,42-45H2,(H,49,57)(H,50,63)(H,51,60)(H,52,61)(H,53,62)(H,54,64)(H,58,59)(H4,46,47,48)/t25-,26-,27-,28-,29-,30-,31-/m0/s1. The average molecular weight is 970 g/mol. The van der Waals surface area contributed by atoms with Crippen molar-refractivity contribution in [1.29, 1.82) is 0 Å². The normalized spacial score (nSPS) is 17.8. The predicted octanol–water partition coefficient (Wildman–Crippen LogP) is -5.08. The van der Waals surface area contributed by atoms with Gasteiger partial charge in [-0.1, -0.05) is 0 Å². The van der Waals surface area contributed by atoms with E-state index in [4.69, 9.17) is 39.5 Å². The van der Waals surface area contributed by atoms with Crippen molar-refractivity contribution in [2.75, 3.05) is 58.1 Å². The molecule has 0 aromatic heterocycles. The van der Waals surface area contributed by atoms with E-state index < -0.39 is 109 Å². The highest BCUT2D eigenvalue weighted by Gasteiger charge is 2.42. The zero-order valence-corrected chi connectivity index (χ0v) is 39.3. The molecule has 25 nitrogen and oxygen atoms in total. The van der Waals surface area contributed by atoms with Gasteiger partial charge in [-0.25, -0.2) is 0 Å². The van der Waals surface area contributed by atoms with Gasteiger partial charge in [0.25, 0.3) is 0 Å². The van der Waals surface area contributed by atoms with Gasteiger partial charge in [0.05, 0.1) is 12.6 Å². The number of rotatable bonds is 32. The van der Waals surface area contributed by atoms with Crippen LogP contribution in [0.4, 0.5) is 0 Å². The molecule has 0 aliphatic carbocycles. The zero-order valence-electron chi connectivity index (χ0n) is 38.4. The first-order valence-electron chi connectivity index (χ1n) is 23.1. The number of unbranched alkanes of at least 4 members (excludes halogenated alkanes) is 3. The van der Waals surface area contributed by atoms with E-state index in [-0.39, 0.29) is 76.3 Å². The number of nitrogens with two attached hydrogens (primary N) is 6. The summed E-state index contributed by atoms with van der Waals surface area (Å²) in [6.45, 7) is 0.317. The quantitative estimate of drug-likeness (QED) is 0.0130. The number of aliphatic imine (C=N–C) groups is 1. The van der Waals surface area contributed by atoms with E-state index in [2.05, 4.69) is 49.5 Å². The molecule has 380 valence electrons. The number of hydrogen-bond donors (Lipinski definition) is 14. The maximum absolute atomic E-state index is 14.5. The second kappa shape index (κ2) is 31.6. The van der Waals surface area contributed by atoms with E-state index in [9.17, 15) is 43.2 Å². The van der Waals surface area contributed by atoms with Crippen molar-refractivity contribution in [2.24, 2.45) is 39.4 Å². The lowest BCUT2D eigenvalue weighted by Crippen LogP contribution is -2.59. The summed E-state index contributed by atoms with van der Waals surface area (Å²) in [5, 5.41) is 24.4.